The number of rotatable bonds is 6. The first-order chi connectivity index (χ1) is 13.4. The summed E-state index contributed by atoms with van der Waals surface area (Å²) in [5.74, 6) is -0.375. The molecule has 3 N–H and O–H groups in total. The van der Waals surface area contributed by atoms with E-state index in [9.17, 15) is 14.9 Å². The molecule has 0 saturated heterocycles. The number of halogens is 2. The lowest BCUT2D eigenvalue weighted by molar-refractivity contribution is -0.383. The molecule has 2 aromatic heterocycles. The van der Waals surface area contributed by atoms with E-state index in [1.54, 1.807) is 36.4 Å². The van der Waals surface area contributed by atoms with Crippen molar-refractivity contribution in [3.8, 4) is 0 Å². The Kier molecular flexibility index (Phi) is 6.11. The fourth-order valence-electron chi connectivity index (χ4n) is 2.10. The zero-order valence-electron chi connectivity index (χ0n) is 13.9. The number of carbonyl (C=O) groups is 1. The number of hydrogen-bond donors (Lipinski definition) is 3. The van der Waals surface area contributed by atoms with E-state index in [1.807, 2.05) is 0 Å². The monoisotopic (exact) mass is 507 g/mol. The second kappa shape index (κ2) is 8.71. The van der Waals surface area contributed by atoms with Crippen LogP contribution in [0.4, 0.5) is 23.1 Å². The van der Waals surface area contributed by atoms with Gasteiger partial charge in [0.2, 0.25) is 11.6 Å². The Hall–Kier alpha value is -3.12. The van der Waals surface area contributed by atoms with E-state index in [0.717, 1.165) is 15.3 Å². The summed E-state index contributed by atoms with van der Waals surface area (Å²) in [5.41, 5.74) is 4.77. The lowest BCUT2D eigenvalue weighted by Gasteiger charge is -2.10. The summed E-state index contributed by atoms with van der Waals surface area (Å²) < 4.78 is 1.58. The molecule has 142 valence electrons. The Morgan fingerprint density at radius 3 is 2.29 bits per heavy atom. The molecular formula is C16H11Br2N7O3. The quantitative estimate of drug-likeness (QED) is 0.338. The number of hydrazine groups is 1. The number of nitrogens with one attached hydrogen (secondary N) is 3. The van der Waals surface area contributed by atoms with E-state index in [-0.39, 0.29) is 11.6 Å². The van der Waals surface area contributed by atoms with E-state index in [4.69, 9.17) is 0 Å². The molecule has 10 nitrogen and oxygen atoms in total. The van der Waals surface area contributed by atoms with Crippen molar-refractivity contribution in [2.75, 3.05) is 10.7 Å². The van der Waals surface area contributed by atoms with Gasteiger partial charge in [-0.2, -0.15) is 0 Å². The minimum atomic E-state index is -0.657. The van der Waals surface area contributed by atoms with E-state index >= 15 is 0 Å². The molecule has 0 bridgehead atoms. The van der Waals surface area contributed by atoms with Crippen LogP contribution in [-0.4, -0.2) is 25.8 Å². The van der Waals surface area contributed by atoms with Gasteiger partial charge in [0.15, 0.2) is 0 Å². The molecule has 0 aliphatic rings. The molecule has 3 rings (SSSR count). The SMILES string of the molecule is O=C(NNc1ncnc(Nc2ccc(Br)cn2)c1[N+](=O)[O-])c1ccc(Br)cc1. The molecule has 3 aromatic rings. The molecule has 1 amide bonds. The summed E-state index contributed by atoms with van der Waals surface area (Å²) in [5, 5.41) is 14.3. The lowest BCUT2D eigenvalue weighted by Crippen LogP contribution is -2.30. The number of nitrogens with zero attached hydrogens (tertiary/aromatic N) is 4. The molecule has 12 heteroatoms. The number of amides is 1. The van der Waals surface area contributed by atoms with Gasteiger partial charge in [-0.1, -0.05) is 15.9 Å². The normalized spacial score (nSPS) is 10.2. The van der Waals surface area contributed by atoms with Crippen molar-refractivity contribution < 1.29 is 9.72 Å². The summed E-state index contributed by atoms with van der Waals surface area (Å²) in [7, 11) is 0. The smallest absolute Gasteiger partial charge is 0.319 e. The zero-order chi connectivity index (χ0) is 20.1. The Morgan fingerprint density at radius 2 is 1.64 bits per heavy atom. The molecule has 28 heavy (non-hydrogen) atoms. The van der Waals surface area contributed by atoms with Crippen LogP contribution in [0.3, 0.4) is 0 Å². The number of carbonyl (C=O) groups excluding carboxylic acids is 1. The second-order valence-electron chi connectivity index (χ2n) is 5.25. The number of benzene rings is 1. The van der Waals surface area contributed by atoms with Crippen molar-refractivity contribution in [2.45, 2.75) is 0 Å². The maximum atomic E-state index is 12.2. The molecule has 0 radical (unpaired) electrons. The van der Waals surface area contributed by atoms with Gasteiger partial charge in [-0.25, -0.2) is 15.0 Å². The predicted octanol–water partition coefficient (Wildman–Crippen LogP) is 3.81. The minimum Gasteiger partial charge on any atom is -0.319 e. The van der Waals surface area contributed by atoms with Crippen LogP contribution < -0.4 is 16.2 Å². The third-order valence-electron chi connectivity index (χ3n) is 3.38. The molecule has 0 saturated carbocycles. The molecule has 0 atom stereocenters. The molecule has 0 aliphatic heterocycles. The van der Waals surface area contributed by atoms with Crippen LogP contribution in [0.5, 0.6) is 0 Å². The summed E-state index contributed by atoms with van der Waals surface area (Å²) in [6.07, 6.45) is 2.66. The molecule has 0 unspecified atom stereocenters. The van der Waals surface area contributed by atoms with Crippen LogP contribution in [0.1, 0.15) is 10.4 Å². The first kappa shape index (κ1) is 19.6. The lowest BCUT2D eigenvalue weighted by atomic mass is 10.2. The highest BCUT2D eigenvalue weighted by atomic mass is 79.9. The van der Waals surface area contributed by atoms with Gasteiger partial charge in [0.05, 0.1) is 4.92 Å². The largest absolute Gasteiger partial charge is 0.355 e. The van der Waals surface area contributed by atoms with Crippen LogP contribution in [0, 0.1) is 10.1 Å². The van der Waals surface area contributed by atoms with Crippen molar-refractivity contribution >= 4 is 60.9 Å². The highest BCUT2D eigenvalue weighted by Crippen LogP contribution is 2.30. The topological polar surface area (TPSA) is 135 Å². The average molecular weight is 509 g/mol. The summed E-state index contributed by atoms with van der Waals surface area (Å²) >= 11 is 6.54. The Bertz CT molecular complexity index is 1010. The van der Waals surface area contributed by atoms with Crippen LogP contribution in [0.2, 0.25) is 0 Å². The van der Waals surface area contributed by atoms with Crippen molar-refractivity contribution in [3.05, 3.63) is 73.5 Å². The third kappa shape index (κ3) is 4.78. The van der Waals surface area contributed by atoms with Gasteiger partial charge in [-0.15, -0.1) is 0 Å². The molecular weight excluding hydrogens is 498 g/mol. The van der Waals surface area contributed by atoms with Crippen molar-refractivity contribution in [3.63, 3.8) is 0 Å². The predicted molar refractivity (Wildman–Crippen MR) is 109 cm³/mol. The Morgan fingerprint density at radius 1 is 0.964 bits per heavy atom. The van der Waals surface area contributed by atoms with Crippen molar-refractivity contribution in [2.24, 2.45) is 0 Å². The Labute approximate surface area is 175 Å². The van der Waals surface area contributed by atoms with Gasteiger partial charge in [0.1, 0.15) is 12.1 Å². The van der Waals surface area contributed by atoms with Gasteiger partial charge in [-0.3, -0.25) is 25.8 Å². The summed E-state index contributed by atoms with van der Waals surface area (Å²) in [6.45, 7) is 0. The van der Waals surface area contributed by atoms with E-state index < -0.39 is 16.5 Å². The highest BCUT2D eigenvalue weighted by molar-refractivity contribution is 9.10. The third-order valence-corrected chi connectivity index (χ3v) is 4.38. The molecule has 0 aliphatic carbocycles. The van der Waals surface area contributed by atoms with E-state index in [2.05, 4.69) is 63.0 Å². The zero-order valence-corrected chi connectivity index (χ0v) is 17.1. The van der Waals surface area contributed by atoms with Crippen LogP contribution >= 0.6 is 31.9 Å². The maximum Gasteiger partial charge on any atom is 0.355 e. The van der Waals surface area contributed by atoms with Crippen LogP contribution in [0.15, 0.2) is 57.9 Å². The standard InChI is InChI=1S/C16H11Br2N7O3/c17-10-3-1-9(2-4-10)16(26)24-23-15-13(25(27)28)14(20-8-21-15)22-12-6-5-11(18)7-19-12/h1-8H,(H,24,26)(H2,19,20,21,22,23). The molecule has 0 fully saturated rings. The fourth-order valence-corrected chi connectivity index (χ4v) is 2.59. The Balaban J connectivity index is 1.80. The van der Waals surface area contributed by atoms with Gasteiger partial charge in [0.25, 0.3) is 5.91 Å². The second-order valence-corrected chi connectivity index (χ2v) is 7.08. The van der Waals surface area contributed by atoms with E-state index in [0.29, 0.717) is 11.4 Å². The van der Waals surface area contributed by atoms with Crippen LogP contribution in [-0.2, 0) is 0 Å². The molecule has 2 heterocycles. The van der Waals surface area contributed by atoms with E-state index in [1.165, 1.54) is 6.20 Å². The minimum absolute atomic E-state index is 0.0739. The number of pyridine rings is 1. The molecule has 0 spiro atoms. The fraction of sp³-hybridized carbons (Fsp3) is 0. The number of aromatic nitrogens is 3. The van der Waals surface area contributed by atoms with Crippen molar-refractivity contribution in [1.82, 2.24) is 20.4 Å². The van der Waals surface area contributed by atoms with Gasteiger partial charge in [-0.05, 0) is 52.3 Å². The first-order valence-corrected chi connectivity index (χ1v) is 9.22. The van der Waals surface area contributed by atoms with Crippen LogP contribution in [0.25, 0.3) is 0 Å². The van der Waals surface area contributed by atoms with Crippen molar-refractivity contribution in [1.29, 1.82) is 0 Å². The van der Waals surface area contributed by atoms with Gasteiger partial charge < -0.3 is 5.32 Å². The summed E-state index contributed by atoms with van der Waals surface area (Å²) in [6, 6.07) is 9.95. The summed E-state index contributed by atoms with van der Waals surface area (Å²) in [4.78, 5) is 34.9. The number of anilines is 3. The highest BCUT2D eigenvalue weighted by Gasteiger charge is 2.24. The number of hydrogen-bond acceptors (Lipinski definition) is 8. The maximum absolute atomic E-state index is 12.2. The molecule has 1 aromatic carbocycles. The van der Waals surface area contributed by atoms with Gasteiger partial charge >= 0.3 is 5.69 Å². The van der Waals surface area contributed by atoms with Gasteiger partial charge in [0, 0.05) is 20.7 Å². The average Bonchev–Trinajstić information content (AvgIpc) is 2.68. The first-order valence-electron chi connectivity index (χ1n) is 7.64. The number of nitro groups is 1.